The minimum absolute atomic E-state index is 0.00239. The van der Waals surface area contributed by atoms with Crippen molar-refractivity contribution in [3.8, 4) is 0 Å². The number of nitrogens with one attached hydrogen (secondary N) is 3. The molecule has 5 rings (SSSR count). The fourth-order valence-corrected chi connectivity index (χ4v) is 6.71. The van der Waals surface area contributed by atoms with E-state index in [1.165, 1.54) is 12.3 Å². The van der Waals surface area contributed by atoms with Crippen LogP contribution in [0.5, 0.6) is 0 Å². The number of carbonyl (C=O) groups is 2. The van der Waals surface area contributed by atoms with E-state index in [1.807, 2.05) is 32.9 Å². The van der Waals surface area contributed by atoms with Gasteiger partial charge in [-0.25, -0.2) is 18.0 Å². The van der Waals surface area contributed by atoms with Crippen molar-refractivity contribution in [2.75, 3.05) is 43.4 Å². The van der Waals surface area contributed by atoms with Gasteiger partial charge in [0.05, 0.1) is 29.1 Å². The number of aromatic nitrogens is 1. The SMILES string of the molecule is CC(C)(C)OC(=O)N1CCC(Nc2ccc3ncc(S(=O)(=O)C4CNCCO4)c(Nc4ccccc4C(=O)O)c3c2)CC1. The normalized spacial score (nSPS) is 18.3. The maximum atomic E-state index is 13.8. The Balaban J connectivity index is 1.47. The summed E-state index contributed by atoms with van der Waals surface area (Å²) in [5.41, 5.74) is 0.0518. The lowest BCUT2D eigenvalue weighted by molar-refractivity contribution is 0.0210. The van der Waals surface area contributed by atoms with E-state index in [1.54, 1.807) is 29.2 Å². The van der Waals surface area contributed by atoms with E-state index < -0.39 is 26.8 Å². The maximum absolute atomic E-state index is 13.8. The highest BCUT2D eigenvalue weighted by Crippen LogP contribution is 2.36. The number of nitrogens with zero attached hydrogens (tertiary/aromatic N) is 2. The van der Waals surface area contributed by atoms with Crippen LogP contribution in [0.3, 0.4) is 0 Å². The number of ether oxygens (including phenoxy) is 2. The largest absolute Gasteiger partial charge is 0.478 e. The Morgan fingerprint density at radius 3 is 2.56 bits per heavy atom. The van der Waals surface area contributed by atoms with Crippen molar-refractivity contribution in [3.63, 3.8) is 0 Å². The second-order valence-electron chi connectivity index (χ2n) is 11.6. The van der Waals surface area contributed by atoms with Crippen molar-refractivity contribution in [2.45, 2.75) is 55.6 Å². The first kappa shape index (κ1) is 30.5. The number of benzene rings is 2. The highest BCUT2D eigenvalue weighted by Gasteiger charge is 2.34. The molecule has 1 unspecified atom stereocenters. The fraction of sp³-hybridized carbons (Fsp3) is 0.433. The van der Waals surface area contributed by atoms with Gasteiger partial charge in [-0.05, 0) is 63.9 Å². The summed E-state index contributed by atoms with van der Waals surface area (Å²) in [6, 6.07) is 11.9. The van der Waals surface area contributed by atoms with E-state index in [0.717, 1.165) is 5.69 Å². The Labute approximate surface area is 250 Å². The molecule has 1 amide bonds. The van der Waals surface area contributed by atoms with Crippen LogP contribution < -0.4 is 16.0 Å². The predicted octanol–water partition coefficient (Wildman–Crippen LogP) is 4.21. The molecule has 43 heavy (non-hydrogen) atoms. The number of sulfone groups is 1. The fourth-order valence-electron chi connectivity index (χ4n) is 5.17. The van der Waals surface area contributed by atoms with Crippen LogP contribution in [0.2, 0.25) is 0 Å². The van der Waals surface area contributed by atoms with Gasteiger partial charge in [0.15, 0.2) is 5.44 Å². The second kappa shape index (κ2) is 12.3. The van der Waals surface area contributed by atoms with Gasteiger partial charge in [0.1, 0.15) is 10.5 Å². The summed E-state index contributed by atoms with van der Waals surface area (Å²) in [6.45, 7) is 7.51. The number of pyridine rings is 1. The molecular weight excluding hydrogens is 574 g/mol. The molecule has 2 aromatic carbocycles. The minimum atomic E-state index is -4.03. The summed E-state index contributed by atoms with van der Waals surface area (Å²) >= 11 is 0. The van der Waals surface area contributed by atoms with Crippen molar-refractivity contribution < 1.29 is 32.6 Å². The van der Waals surface area contributed by atoms with Gasteiger partial charge in [-0.1, -0.05) is 12.1 Å². The Bertz CT molecular complexity index is 1610. The number of rotatable bonds is 7. The second-order valence-corrected chi connectivity index (χ2v) is 13.7. The zero-order chi connectivity index (χ0) is 30.8. The van der Waals surface area contributed by atoms with Gasteiger partial charge < -0.3 is 35.4 Å². The first-order valence-electron chi connectivity index (χ1n) is 14.3. The third kappa shape index (κ3) is 7.00. The number of carboxylic acids is 1. The number of fused-ring (bicyclic) bond motifs is 1. The molecule has 4 N–H and O–H groups in total. The lowest BCUT2D eigenvalue weighted by atomic mass is 10.0. The van der Waals surface area contributed by atoms with E-state index in [0.29, 0.717) is 43.4 Å². The van der Waals surface area contributed by atoms with Crippen molar-refractivity contribution in [2.24, 2.45) is 0 Å². The average Bonchev–Trinajstić information content (AvgIpc) is 2.97. The Hall–Kier alpha value is -3.94. The number of carbonyl (C=O) groups excluding carboxylic acids is 1. The van der Waals surface area contributed by atoms with Crippen LogP contribution in [0.25, 0.3) is 10.9 Å². The number of hydrogen-bond donors (Lipinski definition) is 4. The molecule has 2 saturated heterocycles. The predicted molar refractivity (Wildman–Crippen MR) is 163 cm³/mol. The molecule has 230 valence electrons. The molecule has 2 aliphatic heterocycles. The molecule has 0 bridgehead atoms. The molecule has 3 heterocycles. The van der Waals surface area contributed by atoms with Crippen LogP contribution in [0, 0.1) is 0 Å². The summed E-state index contributed by atoms with van der Waals surface area (Å²) in [5, 5.41) is 20.0. The Kier molecular flexibility index (Phi) is 8.76. The molecule has 1 atom stereocenters. The van der Waals surface area contributed by atoms with Gasteiger partial charge >= 0.3 is 12.1 Å². The highest BCUT2D eigenvalue weighted by atomic mass is 32.2. The van der Waals surface area contributed by atoms with Crippen LogP contribution in [-0.4, -0.2) is 85.3 Å². The van der Waals surface area contributed by atoms with Gasteiger partial charge in [-0.2, -0.15) is 0 Å². The molecule has 12 nitrogen and oxygen atoms in total. The molecular formula is C30H37N5O7S. The number of likely N-dealkylation sites (tertiary alicyclic amines) is 1. The van der Waals surface area contributed by atoms with Crippen LogP contribution in [-0.2, 0) is 19.3 Å². The smallest absolute Gasteiger partial charge is 0.410 e. The lowest BCUT2D eigenvalue weighted by Crippen LogP contribution is -2.44. The van der Waals surface area contributed by atoms with E-state index in [2.05, 4.69) is 20.9 Å². The molecule has 0 spiro atoms. The lowest BCUT2D eigenvalue weighted by Gasteiger charge is -2.34. The van der Waals surface area contributed by atoms with E-state index >= 15 is 0 Å². The number of hydrogen-bond acceptors (Lipinski definition) is 10. The minimum Gasteiger partial charge on any atom is -0.478 e. The van der Waals surface area contributed by atoms with Gasteiger partial charge in [0.2, 0.25) is 9.84 Å². The van der Waals surface area contributed by atoms with E-state index in [-0.39, 0.29) is 47.1 Å². The van der Waals surface area contributed by atoms with Crippen molar-refractivity contribution >= 4 is 49.9 Å². The number of para-hydroxylation sites is 1. The summed E-state index contributed by atoms with van der Waals surface area (Å²) in [6.07, 6.45) is 2.37. The standard InChI is InChI=1S/C30H37N5O7S/c1-30(2,3)42-29(38)35-13-10-19(11-14-35)33-20-8-9-23-22(16-20)27(34-24-7-5-4-6-21(24)28(36)37)25(17-32-23)43(39,40)26-18-31-12-15-41-26/h4-9,16-17,19,26,31,33H,10-15,18H2,1-3H3,(H,32,34)(H,36,37). The van der Waals surface area contributed by atoms with Gasteiger partial charge in [0, 0.05) is 49.5 Å². The summed E-state index contributed by atoms with van der Waals surface area (Å²) in [7, 11) is -4.03. The number of amides is 1. The molecule has 0 saturated carbocycles. The summed E-state index contributed by atoms with van der Waals surface area (Å²) < 4.78 is 38.7. The average molecular weight is 612 g/mol. The first-order chi connectivity index (χ1) is 20.4. The van der Waals surface area contributed by atoms with Crippen molar-refractivity contribution in [1.29, 1.82) is 0 Å². The first-order valence-corrected chi connectivity index (χ1v) is 15.8. The zero-order valence-corrected chi connectivity index (χ0v) is 25.2. The molecule has 1 aromatic heterocycles. The summed E-state index contributed by atoms with van der Waals surface area (Å²) in [5.74, 6) is -1.15. The van der Waals surface area contributed by atoms with Gasteiger partial charge in [-0.3, -0.25) is 4.98 Å². The van der Waals surface area contributed by atoms with Crippen LogP contribution in [0.4, 0.5) is 21.9 Å². The van der Waals surface area contributed by atoms with Crippen LogP contribution in [0.15, 0.2) is 53.6 Å². The molecule has 2 fully saturated rings. The van der Waals surface area contributed by atoms with Crippen LogP contribution in [0.1, 0.15) is 44.0 Å². The number of anilines is 3. The topological polar surface area (TPSA) is 159 Å². The number of morpholine rings is 1. The number of piperidine rings is 1. The van der Waals surface area contributed by atoms with Gasteiger partial charge in [-0.15, -0.1) is 0 Å². The monoisotopic (exact) mass is 611 g/mol. The van der Waals surface area contributed by atoms with Crippen molar-refractivity contribution in [3.05, 3.63) is 54.2 Å². The van der Waals surface area contributed by atoms with Crippen molar-refractivity contribution in [1.82, 2.24) is 15.2 Å². The maximum Gasteiger partial charge on any atom is 0.410 e. The van der Waals surface area contributed by atoms with Gasteiger partial charge in [0.25, 0.3) is 0 Å². The quantitative estimate of drug-likeness (QED) is 0.303. The molecule has 2 aliphatic rings. The molecule has 0 aliphatic carbocycles. The molecule has 3 aromatic rings. The number of carboxylic acid groups (broad SMARTS) is 1. The molecule has 0 radical (unpaired) electrons. The van der Waals surface area contributed by atoms with E-state index in [4.69, 9.17) is 9.47 Å². The Morgan fingerprint density at radius 2 is 1.88 bits per heavy atom. The highest BCUT2D eigenvalue weighted by molar-refractivity contribution is 7.92. The molecule has 13 heteroatoms. The third-order valence-corrected chi connectivity index (χ3v) is 9.23. The van der Waals surface area contributed by atoms with E-state index in [9.17, 15) is 23.1 Å². The summed E-state index contributed by atoms with van der Waals surface area (Å²) in [4.78, 5) is 30.5. The Morgan fingerprint density at radius 1 is 1.14 bits per heavy atom. The van der Waals surface area contributed by atoms with Crippen LogP contribution >= 0.6 is 0 Å². The zero-order valence-electron chi connectivity index (χ0n) is 24.4. The third-order valence-electron chi connectivity index (χ3n) is 7.31. The number of aromatic carboxylic acids is 1.